The third-order valence-electron chi connectivity index (χ3n) is 1.20. The Kier molecular flexibility index (Phi) is 6.53. The highest BCUT2D eigenvalue weighted by Crippen LogP contribution is 2.01. The van der Waals surface area contributed by atoms with E-state index in [-0.39, 0.29) is 5.82 Å². The molecule has 0 aliphatic rings. The summed E-state index contributed by atoms with van der Waals surface area (Å²) >= 11 is 0. The number of rotatable bonds is 1. The zero-order valence-corrected chi connectivity index (χ0v) is 8.05. The Balaban J connectivity index is 0.000000424. The standard InChI is InChI=1S/C8H6FN.C3H8/c9-8-3-1-7(2-4-8)5-6-10;1-3-2/h1-4H,5H2;3H2,1-2H3. The molecule has 0 spiro atoms. The maximum absolute atomic E-state index is 12.2. The summed E-state index contributed by atoms with van der Waals surface area (Å²) in [7, 11) is 0. The molecular weight excluding hydrogens is 165 g/mol. The van der Waals surface area contributed by atoms with Crippen molar-refractivity contribution in [3.8, 4) is 6.07 Å². The van der Waals surface area contributed by atoms with Crippen LogP contribution in [0.3, 0.4) is 0 Å². The van der Waals surface area contributed by atoms with Gasteiger partial charge >= 0.3 is 0 Å². The fourth-order valence-electron chi connectivity index (χ4n) is 0.694. The molecule has 0 aliphatic heterocycles. The molecule has 0 atom stereocenters. The van der Waals surface area contributed by atoms with E-state index in [1.807, 2.05) is 6.07 Å². The van der Waals surface area contributed by atoms with E-state index in [9.17, 15) is 4.39 Å². The van der Waals surface area contributed by atoms with Crippen LogP contribution in [0.1, 0.15) is 25.8 Å². The molecule has 1 aromatic rings. The number of halogens is 1. The van der Waals surface area contributed by atoms with Gasteiger partial charge in [0.25, 0.3) is 0 Å². The van der Waals surface area contributed by atoms with Crippen LogP contribution in [-0.2, 0) is 6.42 Å². The van der Waals surface area contributed by atoms with Crippen molar-refractivity contribution in [1.29, 1.82) is 5.26 Å². The van der Waals surface area contributed by atoms with Crippen LogP contribution in [0, 0.1) is 17.1 Å². The van der Waals surface area contributed by atoms with E-state index in [0.717, 1.165) is 5.56 Å². The van der Waals surface area contributed by atoms with Gasteiger partial charge in [0.2, 0.25) is 0 Å². The lowest BCUT2D eigenvalue weighted by atomic mass is 10.2. The lowest BCUT2D eigenvalue weighted by Crippen LogP contribution is -1.80. The normalized spacial score (nSPS) is 8.15. The minimum atomic E-state index is -0.262. The third kappa shape index (κ3) is 5.86. The Morgan fingerprint density at radius 1 is 1.23 bits per heavy atom. The van der Waals surface area contributed by atoms with Crippen LogP contribution in [-0.4, -0.2) is 0 Å². The maximum Gasteiger partial charge on any atom is 0.123 e. The third-order valence-corrected chi connectivity index (χ3v) is 1.20. The van der Waals surface area contributed by atoms with Crippen molar-refractivity contribution >= 4 is 0 Å². The molecule has 0 N–H and O–H groups in total. The van der Waals surface area contributed by atoms with Gasteiger partial charge in [0.05, 0.1) is 12.5 Å². The van der Waals surface area contributed by atoms with Crippen LogP contribution in [0.25, 0.3) is 0 Å². The van der Waals surface area contributed by atoms with Crippen LogP contribution >= 0.6 is 0 Å². The van der Waals surface area contributed by atoms with E-state index >= 15 is 0 Å². The Labute approximate surface area is 78.8 Å². The van der Waals surface area contributed by atoms with Crippen molar-refractivity contribution in [2.75, 3.05) is 0 Å². The fourth-order valence-corrected chi connectivity index (χ4v) is 0.694. The molecule has 0 heterocycles. The minimum Gasteiger partial charge on any atom is -0.207 e. The first-order valence-corrected chi connectivity index (χ1v) is 4.36. The van der Waals surface area contributed by atoms with Crippen molar-refractivity contribution < 1.29 is 4.39 Å². The number of hydrogen-bond donors (Lipinski definition) is 0. The van der Waals surface area contributed by atoms with Crippen LogP contribution in [0.5, 0.6) is 0 Å². The van der Waals surface area contributed by atoms with Gasteiger partial charge in [0.1, 0.15) is 5.82 Å². The van der Waals surface area contributed by atoms with Crippen LogP contribution in [0.2, 0.25) is 0 Å². The number of benzene rings is 1. The highest BCUT2D eigenvalue weighted by molar-refractivity contribution is 5.18. The topological polar surface area (TPSA) is 23.8 Å². The predicted molar refractivity (Wildman–Crippen MR) is 51.7 cm³/mol. The molecule has 0 unspecified atom stereocenters. The molecule has 0 saturated heterocycles. The van der Waals surface area contributed by atoms with Gasteiger partial charge in [-0.25, -0.2) is 4.39 Å². The highest BCUT2D eigenvalue weighted by Gasteiger charge is 1.90. The maximum atomic E-state index is 12.2. The minimum absolute atomic E-state index is 0.262. The van der Waals surface area contributed by atoms with Crippen LogP contribution < -0.4 is 0 Å². The fraction of sp³-hybridized carbons (Fsp3) is 0.364. The van der Waals surface area contributed by atoms with E-state index in [1.165, 1.54) is 18.6 Å². The largest absolute Gasteiger partial charge is 0.207 e. The van der Waals surface area contributed by atoms with Gasteiger partial charge in [-0.1, -0.05) is 32.4 Å². The first-order chi connectivity index (χ1) is 6.24. The SMILES string of the molecule is CCC.N#CCc1ccc(F)cc1. The average Bonchev–Trinajstić information content (AvgIpc) is 2.11. The second-order valence-electron chi connectivity index (χ2n) is 2.67. The lowest BCUT2D eigenvalue weighted by molar-refractivity contribution is 0.627. The molecule has 1 nitrogen and oxygen atoms in total. The average molecular weight is 179 g/mol. The van der Waals surface area contributed by atoms with Gasteiger partial charge in [-0.2, -0.15) is 5.26 Å². The summed E-state index contributed by atoms with van der Waals surface area (Å²) in [6.45, 7) is 4.25. The van der Waals surface area contributed by atoms with Gasteiger partial charge < -0.3 is 0 Å². The lowest BCUT2D eigenvalue weighted by Gasteiger charge is -1.90. The van der Waals surface area contributed by atoms with Crippen molar-refractivity contribution in [2.24, 2.45) is 0 Å². The summed E-state index contributed by atoms with van der Waals surface area (Å²) in [5.74, 6) is -0.262. The zero-order valence-electron chi connectivity index (χ0n) is 8.05. The first-order valence-electron chi connectivity index (χ1n) is 4.36. The molecule has 0 fully saturated rings. The van der Waals surface area contributed by atoms with Gasteiger partial charge in [-0.15, -0.1) is 0 Å². The molecule has 0 radical (unpaired) electrons. The van der Waals surface area contributed by atoms with E-state index in [4.69, 9.17) is 5.26 Å². The predicted octanol–water partition coefficient (Wildman–Crippen LogP) is 3.31. The highest BCUT2D eigenvalue weighted by atomic mass is 19.1. The Bertz CT molecular complexity index is 258. The molecule has 70 valence electrons. The Hall–Kier alpha value is -1.36. The second-order valence-corrected chi connectivity index (χ2v) is 2.67. The van der Waals surface area contributed by atoms with Gasteiger partial charge in [0, 0.05) is 0 Å². The summed E-state index contributed by atoms with van der Waals surface area (Å²) in [4.78, 5) is 0. The molecule has 13 heavy (non-hydrogen) atoms. The van der Waals surface area contributed by atoms with Gasteiger partial charge in [-0.3, -0.25) is 0 Å². The van der Waals surface area contributed by atoms with E-state index in [2.05, 4.69) is 13.8 Å². The molecule has 1 rings (SSSR count). The van der Waals surface area contributed by atoms with Crippen LogP contribution in [0.4, 0.5) is 4.39 Å². The zero-order chi connectivity index (χ0) is 10.1. The molecular formula is C11H14FN. The number of nitrogens with zero attached hydrogens (tertiary/aromatic N) is 1. The van der Waals surface area contributed by atoms with Gasteiger partial charge in [0.15, 0.2) is 0 Å². The number of hydrogen-bond acceptors (Lipinski definition) is 1. The summed E-state index contributed by atoms with van der Waals surface area (Å²) in [5, 5.41) is 8.25. The molecule has 2 heteroatoms. The van der Waals surface area contributed by atoms with Crippen molar-refractivity contribution in [3.05, 3.63) is 35.6 Å². The summed E-state index contributed by atoms with van der Waals surface area (Å²) in [6, 6.07) is 7.91. The summed E-state index contributed by atoms with van der Waals surface area (Å²) in [5.41, 5.74) is 0.851. The molecule has 0 aromatic heterocycles. The van der Waals surface area contributed by atoms with E-state index in [1.54, 1.807) is 12.1 Å². The van der Waals surface area contributed by atoms with Crippen molar-refractivity contribution in [2.45, 2.75) is 26.7 Å². The Morgan fingerprint density at radius 3 is 2.08 bits per heavy atom. The molecule has 0 aliphatic carbocycles. The van der Waals surface area contributed by atoms with Crippen molar-refractivity contribution in [1.82, 2.24) is 0 Å². The first kappa shape index (κ1) is 11.6. The van der Waals surface area contributed by atoms with Gasteiger partial charge in [-0.05, 0) is 17.7 Å². The monoisotopic (exact) mass is 179 g/mol. The Morgan fingerprint density at radius 2 is 1.69 bits per heavy atom. The second kappa shape index (κ2) is 7.30. The van der Waals surface area contributed by atoms with Crippen molar-refractivity contribution in [3.63, 3.8) is 0 Å². The molecule has 0 bridgehead atoms. The summed E-state index contributed by atoms with van der Waals surface area (Å²) < 4.78 is 12.2. The van der Waals surface area contributed by atoms with E-state index in [0.29, 0.717) is 6.42 Å². The molecule has 0 amide bonds. The van der Waals surface area contributed by atoms with Crippen LogP contribution in [0.15, 0.2) is 24.3 Å². The molecule has 0 saturated carbocycles. The smallest absolute Gasteiger partial charge is 0.123 e. The van der Waals surface area contributed by atoms with E-state index < -0.39 is 0 Å². The quantitative estimate of drug-likeness (QED) is 0.648. The number of nitriles is 1. The molecule has 1 aromatic carbocycles. The summed E-state index contributed by atoms with van der Waals surface area (Å²) in [6.07, 6.45) is 1.60.